The first-order valence-electron chi connectivity index (χ1n) is 9.82. The van der Waals surface area contributed by atoms with E-state index in [1.807, 2.05) is 37.2 Å². The first-order valence-corrected chi connectivity index (χ1v) is 11.0. The zero-order valence-corrected chi connectivity index (χ0v) is 19.7. The van der Waals surface area contributed by atoms with E-state index in [-0.39, 0.29) is 12.6 Å². The average Bonchev–Trinajstić information content (AvgIpc) is 2.74. The minimum atomic E-state index is -0.407. The number of nitrogens with zero attached hydrogens (tertiary/aromatic N) is 4. The largest absolute Gasteiger partial charge is 0.462 e. The highest BCUT2D eigenvalue weighted by atomic mass is 35.5. The lowest BCUT2D eigenvalue weighted by Gasteiger charge is -2.31. The van der Waals surface area contributed by atoms with Gasteiger partial charge in [0.1, 0.15) is 6.61 Å². The number of fused-ring (bicyclic) bond motifs is 1. The third-order valence-electron chi connectivity index (χ3n) is 4.86. The Labute approximate surface area is 200 Å². The molecular weight excluding hydrogens is 473 g/mol. The van der Waals surface area contributed by atoms with Crippen molar-refractivity contribution in [1.82, 2.24) is 20.2 Å². The third-order valence-corrected chi connectivity index (χ3v) is 5.80. The smallest absolute Gasteiger partial charge is 0.328 e. The number of urea groups is 1. The summed E-state index contributed by atoms with van der Waals surface area (Å²) >= 11 is 19.3. The first-order chi connectivity index (χ1) is 15.4. The summed E-state index contributed by atoms with van der Waals surface area (Å²) < 4.78 is 5.83. The summed E-state index contributed by atoms with van der Waals surface area (Å²) in [6, 6.07) is 12.1. The molecule has 1 aromatic heterocycles. The van der Waals surface area contributed by atoms with Crippen molar-refractivity contribution < 1.29 is 9.53 Å². The highest BCUT2D eigenvalue weighted by Crippen LogP contribution is 2.43. The van der Waals surface area contributed by atoms with Crippen LogP contribution in [0.2, 0.25) is 15.1 Å². The average molecular weight is 493 g/mol. The molecule has 32 heavy (non-hydrogen) atoms. The maximum absolute atomic E-state index is 13.0. The number of nitrogens with one attached hydrogen (secondary N) is 1. The van der Waals surface area contributed by atoms with Crippen LogP contribution in [0.5, 0.6) is 6.01 Å². The van der Waals surface area contributed by atoms with E-state index in [4.69, 9.17) is 39.5 Å². The van der Waals surface area contributed by atoms with Crippen LogP contribution in [0.3, 0.4) is 0 Å². The molecule has 2 heterocycles. The van der Waals surface area contributed by atoms with E-state index in [0.29, 0.717) is 56.5 Å². The van der Waals surface area contributed by atoms with E-state index in [9.17, 15) is 4.79 Å². The molecule has 0 saturated heterocycles. The van der Waals surface area contributed by atoms with Crippen LogP contribution in [0.4, 0.5) is 16.3 Å². The number of ether oxygens (including phenoxy) is 1. The molecule has 1 aliphatic heterocycles. The molecule has 7 nitrogen and oxygen atoms in total. The zero-order valence-electron chi connectivity index (χ0n) is 17.4. The number of hydrogen-bond donors (Lipinski definition) is 1. The predicted molar refractivity (Wildman–Crippen MR) is 127 cm³/mol. The number of likely N-dealkylation sites (N-methyl/N-ethyl adjacent to an activating group) is 1. The summed E-state index contributed by atoms with van der Waals surface area (Å²) in [5, 5.41) is 3.99. The van der Waals surface area contributed by atoms with Gasteiger partial charge in [-0.25, -0.2) is 9.69 Å². The third kappa shape index (κ3) is 4.47. The lowest BCUT2D eigenvalue weighted by molar-refractivity contribution is 0.243. The van der Waals surface area contributed by atoms with Gasteiger partial charge in [-0.1, -0.05) is 59.1 Å². The fourth-order valence-corrected chi connectivity index (χ4v) is 4.10. The number of carbonyl (C=O) groups is 1. The number of amides is 2. The molecule has 10 heteroatoms. The molecule has 166 valence electrons. The van der Waals surface area contributed by atoms with E-state index in [2.05, 4.69) is 15.3 Å². The van der Waals surface area contributed by atoms with E-state index < -0.39 is 6.03 Å². The molecule has 0 saturated carbocycles. The Morgan fingerprint density at radius 1 is 1.03 bits per heavy atom. The van der Waals surface area contributed by atoms with Gasteiger partial charge in [0, 0.05) is 22.7 Å². The highest BCUT2D eigenvalue weighted by molar-refractivity contribution is 6.40. The molecule has 0 unspecified atom stereocenters. The van der Waals surface area contributed by atoms with Crippen LogP contribution in [0.15, 0.2) is 42.5 Å². The van der Waals surface area contributed by atoms with Crippen molar-refractivity contribution >= 4 is 52.3 Å². The predicted octanol–water partition coefficient (Wildman–Crippen LogP) is 5.41. The van der Waals surface area contributed by atoms with Gasteiger partial charge in [0.2, 0.25) is 0 Å². The molecule has 1 N–H and O–H groups in total. The van der Waals surface area contributed by atoms with Crippen LogP contribution in [-0.4, -0.2) is 48.1 Å². The van der Waals surface area contributed by atoms with Gasteiger partial charge in [0.15, 0.2) is 5.82 Å². The van der Waals surface area contributed by atoms with Crippen LogP contribution in [-0.2, 0) is 6.54 Å². The number of benzene rings is 2. The number of carbonyl (C=O) groups excluding carboxylic acids is 1. The molecule has 0 aliphatic carbocycles. The fourth-order valence-electron chi connectivity index (χ4n) is 3.31. The summed E-state index contributed by atoms with van der Waals surface area (Å²) in [6.07, 6.45) is 0. The molecule has 2 aromatic carbocycles. The molecule has 4 rings (SSSR count). The lowest BCUT2D eigenvalue weighted by Crippen LogP contribution is -2.42. The van der Waals surface area contributed by atoms with Crippen LogP contribution in [0.1, 0.15) is 5.56 Å². The van der Waals surface area contributed by atoms with E-state index >= 15 is 0 Å². The second kappa shape index (κ2) is 9.50. The summed E-state index contributed by atoms with van der Waals surface area (Å²) in [4.78, 5) is 25.5. The van der Waals surface area contributed by atoms with Gasteiger partial charge >= 0.3 is 12.0 Å². The topological polar surface area (TPSA) is 70.6 Å². The fraction of sp³-hybridized carbons (Fsp3) is 0.227. The van der Waals surface area contributed by atoms with Crippen molar-refractivity contribution in [2.45, 2.75) is 6.54 Å². The molecule has 0 fully saturated rings. The minimum absolute atomic E-state index is 0.128. The molecule has 2 amide bonds. The standard InChI is InChI=1S/C22H20Cl3N5O2/c1-29(2)10-11-32-21-27-18(13-6-3-4-7-15(13)23)14-12-26-22(31)30(20(14)28-21)19-16(24)8-5-9-17(19)25/h3-9H,10-12H2,1-2H3,(H,26,31). The molecular formula is C22H20Cl3N5O2. The van der Waals surface area contributed by atoms with Crippen LogP contribution in [0, 0.1) is 0 Å². The van der Waals surface area contributed by atoms with Gasteiger partial charge in [-0.05, 0) is 32.3 Å². The van der Waals surface area contributed by atoms with Crippen LogP contribution < -0.4 is 15.0 Å². The second-order valence-electron chi connectivity index (χ2n) is 7.35. The van der Waals surface area contributed by atoms with Gasteiger partial charge < -0.3 is 15.0 Å². The Kier molecular flexibility index (Phi) is 6.71. The Morgan fingerprint density at radius 2 is 1.72 bits per heavy atom. The van der Waals surface area contributed by atoms with Crippen molar-refractivity contribution in [3.63, 3.8) is 0 Å². The van der Waals surface area contributed by atoms with Crippen LogP contribution >= 0.6 is 34.8 Å². The van der Waals surface area contributed by atoms with Crippen molar-refractivity contribution in [2.24, 2.45) is 0 Å². The SMILES string of the molecule is CN(C)CCOc1nc(-c2ccccc2Cl)c2c(n1)N(c1c(Cl)cccc1Cl)C(=O)NC2. The maximum atomic E-state index is 13.0. The zero-order chi connectivity index (χ0) is 22.8. The van der Waals surface area contributed by atoms with Crippen molar-refractivity contribution in [3.8, 4) is 17.3 Å². The minimum Gasteiger partial charge on any atom is -0.462 e. The molecule has 0 bridgehead atoms. The molecule has 0 spiro atoms. The summed E-state index contributed by atoms with van der Waals surface area (Å²) in [7, 11) is 3.88. The van der Waals surface area contributed by atoms with E-state index in [0.717, 1.165) is 0 Å². The lowest BCUT2D eigenvalue weighted by atomic mass is 10.0. The Hall–Kier alpha value is -2.58. The Morgan fingerprint density at radius 3 is 2.41 bits per heavy atom. The quantitative estimate of drug-likeness (QED) is 0.498. The number of anilines is 2. The number of hydrogen-bond acceptors (Lipinski definition) is 5. The molecule has 0 atom stereocenters. The van der Waals surface area contributed by atoms with Crippen molar-refractivity contribution in [2.75, 3.05) is 32.1 Å². The van der Waals surface area contributed by atoms with Gasteiger partial charge in [0.25, 0.3) is 0 Å². The number of aromatic nitrogens is 2. The van der Waals surface area contributed by atoms with Crippen molar-refractivity contribution in [1.29, 1.82) is 0 Å². The molecule has 3 aromatic rings. The molecule has 1 aliphatic rings. The normalized spacial score (nSPS) is 13.2. The van der Waals surface area contributed by atoms with Gasteiger partial charge in [-0.3, -0.25) is 0 Å². The summed E-state index contributed by atoms with van der Waals surface area (Å²) in [5.41, 5.74) is 2.27. The highest BCUT2D eigenvalue weighted by Gasteiger charge is 2.33. The van der Waals surface area contributed by atoms with Gasteiger partial charge in [-0.15, -0.1) is 0 Å². The Bertz CT molecular complexity index is 1150. The number of para-hydroxylation sites is 1. The van der Waals surface area contributed by atoms with E-state index in [1.165, 1.54) is 4.90 Å². The van der Waals surface area contributed by atoms with Gasteiger partial charge in [0.05, 0.1) is 28.0 Å². The van der Waals surface area contributed by atoms with Crippen molar-refractivity contribution in [3.05, 3.63) is 63.1 Å². The number of rotatable bonds is 6. The maximum Gasteiger partial charge on any atom is 0.328 e. The second-order valence-corrected chi connectivity index (χ2v) is 8.57. The summed E-state index contributed by atoms with van der Waals surface area (Å²) in [6.45, 7) is 1.25. The summed E-state index contributed by atoms with van der Waals surface area (Å²) in [5.74, 6) is 0.341. The van der Waals surface area contributed by atoms with E-state index in [1.54, 1.807) is 24.3 Å². The Balaban J connectivity index is 1.91. The first kappa shape index (κ1) is 22.6. The van der Waals surface area contributed by atoms with Gasteiger partial charge in [-0.2, -0.15) is 9.97 Å². The molecule has 0 radical (unpaired) electrons. The van der Waals surface area contributed by atoms with Crippen LogP contribution in [0.25, 0.3) is 11.3 Å². The number of halogens is 3. The monoisotopic (exact) mass is 491 g/mol.